The maximum absolute atomic E-state index is 13.5. The molecule has 0 radical (unpaired) electrons. The molecule has 1 aliphatic heterocycles. The summed E-state index contributed by atoms with van der Waals surface area (Å²) >= 11 is 0. The SMILES string of the molecule is CN(C)C1CCN(C(=O)c2ccc(Cn3cnc4ccc(F)cc43)cc2)C1. The third-order valence-electron chi connectivity index (χ3n) is 5.32. The molecule has 0 N–H and O–H groups in total. The summed E-state index contributed by atoms with van der Waals surface area (Å²) in [5.41, 5.74) is 3.29. The van der Waals surface area contributed by atoms with E-state index in [9.17, 15) is 9.18 Å². The van der Waals surface area contributed by atoms with Crippen molar-refractivity contribution in [3.05, 3.63) is 65.7 Å². The van der Waals surface area contributed by atoms with Crippen LogP contribution in [0, 0.1) is 5.82 Å². The zero-order chi connectivity index (χ0) is 19.0. The summed E-state index contributed by atoms with van der Waals surface area (Å²) in [4.78, 5) is 21.1. The number of hydrogen-bond acceptors (Lipinski definition) is 3. The zero-order valence-corrected chi connectivity index (χ0v) is 15.6. The van der Waals surface area contributed by atoms with Crippen LogP contribution in [0.3, 0.4) is 0 Å². The lowest BCUT2D eigenvalue weighted by molar-refractivity contribution is 0.0783. The number of halogens is 1. The van der Waals surface area contributed by atoms with Crippen LogP contribution in [0.5, 0.6) is 0 Å². The van der Waals surface area contributed by atoms with E-state index < -0.39 is 0 Å². The molecule has 1 saturated heterocycles. The smallest absolute Gasteiger partial charge is 0.253 e. The first-order chi connectivity index (χ1) is 13.0. The number of nitrogens with zero attached hydrogens (tertiary/aromatic N) is 4. The van der Waals surface area contributed by atoms with E-state index in [0.29, 0.717) is 18.2 Å². The Bertz CT molecular complexity index is 964. The second-order valence-electron chi connectivity index (χ2n) is 7.36. The van der Waals surface area contributed by atoms with Crippen LogP contribution in [0.4, 0.5) is 4.39 Å². The molecule has 140 valence electrons. The predicted octanol–water partition coefficient (Wildman–Crippen LogP) is 3.00. The fourth-order valence-electron chi connectivity index (χ4n) is 3.64. The third-order valence-corrected chi connectivity index (χ3v) is 5.32. The normalized spacial score (nSPS) is 17.2. The van der Waals surface area contributed by atoms with E-state index in [1.54, 1.807) is 12.4 Å². The molecule has 2 heterocycles. The number of carbonyl (C=O) groups is 1. The molecule has 0 bridgehead atoms. The number of fused-ring (bicyclic) bond motifs is 1. The lowest BCUT2D eigenvalue weighted by Crippen LogP contribution is -2.34. The number of rotatable bonds is 4. The number of benzene rings is 2. The highest BCUT2D eigenvalue weighted by molar-refractivity contribution is 5.94. The Balaban J connectivity index is 1.47. The van der Waals surface area contributed by atoms with E-state index in [2.05, 4.69) is 24.0 Å². The van der Waals surface area contributed by atoms with Crippen molar-refractivity contribution in [3.63, 3.8) is 0 Å². The summed E-state index contributed by atoms with van der Waals surface area (Å²) in [7, 11) is 4.11. The molecule has 1 aliphatic rings. The average molecular weight is 366 g/mol. The molecular formula is C21H23FN4O. The molecule has 5 nitrogen and oxygen atoms in total. The fourth-order valence-corrected chi connectivity index (χ4v) is 3.64. The average Bonchev–Trinajstić information content (AvgIpc) is 3.30. The van der Waals surface area contributed by atoms with Crippen LogP contribution in [-0.2, 0) is 6.54 Å². The van der Waals surface area contributed by atoms with Gasteiger partial charge in [-0.25, -0.2) is 9.37 Å². The van der Waals surface area contributed by atoms with Gasteiger partial charge in [0, 0.05) is 31.2 Å². The number of likely N-dealkylation sites (tertiary alicyclic amines) is 1. The van der Waals surface area contributed by atoms with Crippen molar-refractivity contribution in [2.75, 3.05) is 27.2 Å². The quantitative estimate of drug-likeness (QED) is 0.713. The summed E-state index contributed by atoms with van der Waals surface area (Å²) in [6.45, 7) is 2.16. The van der Waals surface area contributed by atoms with Gasteiger partial charge >= 0.3 is 0 Å². The summed E-state index contributed by atoms with van der Waals surface area (Å²) in [5.74, 6) is -0.187. The maximum Gasteiger partial charge on any atom is 0.253 e. The molecule has 0 spiro atoms. The largest absolute Gasteiger partial charge is 0.337 e. The lowest BCUT2D eigenvalue weighted by atomic mass is 10.1. The second kappa shape index (κ2) is 7.12. The molecule has 1 unspecified atom stereocenters. The highest BCUT2D eigenvalue weighted by Gasteiger charge is 2.27. The monoisotopic (exact) mass is 366 g/mol. The number of imidazole rings is 1. The van der Waals surface area contributed by atoms with Gasteiger partial charge in [0.2, 0.25) is 0 Å². The van der Waals surface area contributed by atoms with Gasteiger partial charge in [0.1, 0.15) is 5.82 Å². The van der Waals surface area contributed by atoms with Crippen LogP contribution < -0.4 is 0 Å². The van der Waals surface area contributed by atoms with Crippen LogP contribution in [0.15, 0.2) is 48.8 Å². The van der Waals surface area contributed by atoms with E-state index in [0.717, 1.165) is 36.1 Å². The van der Waals surface area contributed by atoms with E-state index in [-0.39, 0.29) is 11.7 Å². The predicted molar refractivity (Wildman–Crippen MR) is 103 cm³/mol. The first-order valence-corrected chi connectivity index (χ1v) is 9.16. The molecular weight excluding hydrogens is 343 g/mol. The highest BCUT2D eigenvalue weighted by atomic mass is 19.1. The Morgan fingerprint density at radius 2 is 2.00 bits per heavy atom. The Hall–Kier alpha value is -2.73. The first kappa shape index (κ1) is 17.7. The van der Waals surface area contributed by atoms with E-state index in [1.165, 1.54) is 12.1 Å². The summed E-state index contributed by atoms with van der Waals surface area (Å²) < 4.78 is 15.4. The highest BCUT2D eigenvalue weighted by Crippen LogP contribution is 2.19. The molecule has 0 aliphatic carbocycles. The summed E-state index contributed by atoms with van der Waals surface area (Å²) in [5, 5.41) is 0. The molecule has 27 heavy (non-hydrogen) atoms. The number of amides is 1. The van der Waals surface area contributed by atoms with Crippen molar-refractivity contribution in [1.29, 1.82) is 0 Å². The number of likely N-dealkylation sites (N-methyl/N-ethyl adjacent to an activating group) is 1. The molecule has 2 aromatic carbocycles. The zero-order valence-electron chi connectivity index (χ0n) is 15.6. The van der Waals surface area contributed by atoms with Gasteiger partial charge in [-0.15, -0.1) is 0 Å². The summed E-state index contributed by atoms with van der Waals surface area (Å²) in [6, 6.07) is 12.7. The second-order valence-corrected chi connectivity index (χ2v) is 7.36. The molecule has 4 rings (SSSR count). The Morgan fingerprint density at radius 3 is 2.70 bits per heavy atom. The fraction of sp³-hybridized carbons (Fsp3) is 0.333. The summed E-state index contributed by atoms with van der Waals surface area (Å²) in [6.07, 6.45) is 2.73. The van der Waals surface area contributed by atoms with Crippen molar-refractivity contribution in [3.8, 4) is 0 Å². The lowest BCUT2D eigenvalue weighted by Gasteiger charge is -2.20. The van der Waals surface area contributed by atoms with Crippen molar-refractivity contribution < 1.29 is 9.18 Å². The standard InChI is InChI=1S/C21H23FN4O/c1-24(2)18-9-10-25(13-18)21(27)16-5-3-15(4-6-16)12-26-14-23-19-8-7-17(22)11-20(19)26/h3-8,11,14,18H,9-10,12-13H2,1-2H3. The number of hydrogen-bond donors (Lipinski definition) is 0. The number of carbonyl (C=O) groups excluding carboxylic acids is 1. The van der Waals surface area contributed by atoms with Gasteiger partial charge in [0.15, 0.2) is 0 Å². The minimum absolute atomic E-state index is 0.0843. The van der Waals surface area contributed by atoms with Crippen LogP contribution in [0.25, 0.3) is 11.0 Å². The minimum Gasteiger partial charge on any atom is -0.337 e. The van der Waals surface area contributed by atoms with Crippen LogP contribution >= 0.6 is 0 Å². The Morgan fingerprint density at radius 1 is 1.22 bits per heavy atom. The van der Waals surface area contributed by atoms with Crippen LogP contribution in [-0.4, -0.2) is 58.5 Å². The molecule has 1 aromatic heterocycles. The van der Waals surface area contributed by atoms with Gasteiger partial charge in [0.25, 0.3) is 5.91 Å². The van der Waals surface area contributed by atoms with Gasteiger partial charge < -0.3 is 14.4 Å². The van der Waals surface area contributed by atoms with Crippen molar-refractivity contribution in [2.45, 2.75) is 19.0 Å². The number of aromatic nitrogens is 2. The third kappa shape index (κ3) is 3.57. The Kier molecular flexibility index (Phi) is 4.66. The van der Waals surface area contributed by atoms with Gasteiger partial charge in [-0.2, -0.15) is 0 Å². The van der Waals surface area contributed by atoms with Crippen molar-refractivity contribution in [1.82, 2.24) is 19.4 Å². The minimum atomic E-state index is -0.271. The molecule has 3 aromatic rings. The van der Waals surface area contributed by atoms with Crippen LogP contribution in [0.2, 0.25) is 0 Å². The van der Waals surface area contributed by atoms with Crippen molar-refractivity contribution in [2.24, 2.45) is 0 Å². The topological polar surface area (TPSA) is 41.4 Å². The molecule has 1 amide bonds. The van der Waals surface area contributed by atoms with Gasteiger partial charge in [-0.1, -0.05) is 12.1 Å². The van der Waals surface area contributed by atoms with Gasteiger partial charge in [-0.3, -0.25) is 4.79 Å². The molecule has 6 heteroatoms. The molecule has 1 atom stereocenters. The van der Waals surface area contributed by atoms with Gasteiger partial charge in [-0.05, 0) is 56.4 Å². The van der Waals surface area contributed by atoms with Gasteiger partial charge in [0.05, 0.1) is 17.4 Å². The van der Waals surface area contributed by atoms with Crippen LogP contribution in [0.1, 0.15) is 22.3 Å². The van der Waals surface area contributed by atoms with E-state index >= 15 is 0 Å². The molecule has 1 fully saturated rings. The first-order valence-electron chi connectivity index (χ1n) is 9.16. The van der Waals surface area contributed by atoms with E-state index in [4.69, 9.17) is 0 Å². The Labute approximate surface area is 158 Å². The molecule has 0 saturated carbocycles. The van der Waals surface area contributed by atoms with Crippen molar-refractivity contribution >= 4 is 16.9 Å². The van der Waals surface area contributed by atoms with E-state index in [1.807, 2.05) is 33.7 Å². The maximum atomic E-state index is 13.5.